The number of benzene rings is 1. The molecule has 1 aromatic carbocycles. The highest BCUT2D eigenvalue weighted by atomic mass is 32.2. The fourth-order valence-corrected chi connectivity index (χ4v) is 2.09. The van der Waals surface area contributed by atoms with Crippen molar-refractivity contribution in [3.05, 3.63) is 24.3 Å². The van der Waals surface area contributed by atoms with Crippen LogP contribution in [0.4, 0.5) is 10.5 Å². The molecular weight excluding hydrogens is 332 g/mol. The minimum absolute atomic E-state index is 0.397. The lowest BCUT2D eigenvalue weighted by atomic mass is 10.2. The van der Waals surface area contributed by atoms with Crippen LogP contribution in [0, 0.1) is 10.7 Å². The minimum Gasteiger partial charge on any atom is -0.444 e. The quantitative estimate of drug-likeness (QED) is 0.325. The van der Waals surface area contributed by atoms with E-state index in [1.807, 2.05) is 50.4 Å². The van der Waals surface area contributed by atoms with Gasteiger partial charge >= 0.3 is 6.09 Å². The van der Waals surface area contributed by atoms with Gasteiger partial charge in [-0.05, 0) is 69.0 Å². The first kappa shape index (κ1) is 19.1. The van der Waals surface area contributed by atoms with E-state index in [1.165, 1.54) is 0 Å². The predicted molar refractivity (Wildman–Crippen MR) is 96.4 cm³/mol. The summed E-state index contributed by atoms with van der Waals surface area (Å²) in [6.07, 6.45) is -0.455. The molecule has 0 radical (unpaired) electrons. The average Bonchev–Trinajstić information content (AvgIpc) is 2.44. The lowest BCUT2D eigenvalue weighted by molar-refractivity contribution is 0.0529. The maximum atomic E-state index is 11.4. The molecule has 0 bridgehead atoms. The van der Waals surface area contributed by atoms with Gasteiger partial charge in [-0.2, -0.15) is 5.26 Å². The molecule has 124 valence electrons. The van der Waals surface area contributed by atoms with E-state index < -0.39 is 11.7 Å². The SMILES string of the molecule is CC(C)(C)OC(=O)NCCNC(=S)Nc1ccc(SC#N)cc1. The van der Waals surface area contributed by atoms with Crippen molar-refractivity contribution in [2.75, 3.05) is 18.4 Å². The van der Waals surface area contributed by atoms with E-state index in [1.54, 1.807) is 0 Å². The van der Waals surface area contributed by atoms with Crippen molar-refractivity contribution in [2.45, 2.75) is 31.3 Å². The van der Waals surface area contributed by atoms with Gasteiger partial charge in [0.15, 0.2) is 5.11 Å². The Bertz CT molecular complexity index is 577. The molecule has 1 aromatic rings. The summed E-state index contributed by atoms with van der Waals surface area (Å²) in [5, 5.41) is 19.7. The molecule has 8 heteroatoms. The third kappa shape index (κ3) is 8.90. The smallest absolute Gasteiger partial charge is 0.407 e. The van der Waals surface area contributed by atoms with Crippen LogP contribution in [0.15, 0.2) is 29.2 Å². The molecule has 0 aromatic heterocycles. The summed E-state index contributed by atoms with van der Waals surface area (Å²) < 4.78 is 5.12. The number of hydrogen-bond acceptors (Lipinski definition) is 5. The minimum atomic E-state index is -0.510. The van der Waals surface area contributed by atoms with Crippen molar-refractivity contribution in [3.8, 4) is 5.40 Å². The molecule has 0 aliphatic heterocycles. The van der Waals surface area contributed by atoms with E-state index in [9.17, 15) is 4.79 Å². The summed E-state index contributed by atoms with van der Waals surface area (Å²) in [6, 6.07) is 7.35. The van der Waals surface area contributed by atoms with Crippen LogP contribution in [-0.4, -0.2) is 29.9 Å². The van der Waals surface area contributed by atoms with Crippen LogP contribution in [0.3, 0.4) is 0 Å². The Morgan fingerprint density at radius 1 is 1.26 bits per heavy atom. The van der Waals surface area contributed by atoms with Crippen LogP contribution in [0.1, 0.15) is 20.8 Å². The van der Waals surface area contributed by atoms with Gasteiger partial charge in [0.2, 0.25) is 0 Å². The average molecular weight is 352 g/mol. The second-order valence-electron chi connectivity index (χ2n) is 5.53. The molecule has 1 amide bonds. The Labute approximate surface area is 146 Å². The Morgan fingerprint density at radius 2 is 1.87 bits per heavy atom. The van der Waals surface area contributed by atoms with Gasteiger partial charge in [0.1, 0.15) is 11.0 Å². The Hall–Kier alpha value is -1.98. The molecule has 23 heavy (non-hydrogen) atoms. The van der Waals surface area contributed by atoms with Crippen molar-refractivity contribution in [3.63, 3.8) is 0 Å². The van der Waals surface area contributed by atoms with Gasteiger partial charge in [0, 0.05) is 23.7 Å². The highest BCUT2D eigenvalue weighted by molar-refractivity contribution is 8.03. The van der Waals surface area contributed by atoms with E-state index in [0.717, 1.165) is 22.3 Å². The first-order valence-corrected chi connectivity index (χ1v) is 8.20. The first-order valence-electron chi connectivity index (χ1n) is 6.98. The summed E-state index contributed by atoms with van der Waals surface area (Å²) >= 11 is 6.27. The lowest BCUT2D eigenvalue weighted by Crippen LogP contribution is -2.39. The van der Waals surface area contributed by atoms with Crippen molar-refractivity contribution in [1.29, 1.82) is 5.26 Å². The molecule has 0 saturated carbocycles. The molecule has 0 aliphatic rings. The molecule has 6 nitrogen and oxygen atoms in total. The number of alkyl carbamates (subject to hydrolysis) is 1. The number of thioether (sulfide) groups is 1. The van der Waals surface area contributed by atoms with E-state index in [-0.39, 0.29) is 0 Å². The standard InChI is InChI=1S/C15H20N4O2S2/c1-15(2,3)21-14(20)18-9-8-17-13(22)19-11-4-6-12(7-5-11)23-10-16/h4-7H,8-9H2,1-3H3,(H,18,20)(H2,17,19,22). The molecule has 0 saturated heterocycles. The van der Waals surface area contributed by atoms with E-state index >= 15 is 0 Å². The fraction of sp³-hybridized carbons (Fsp3) is 0.400. The number of thiocarbonyl (C=S) groups is 1. The molecular formula is C15H20N4O2S2. The van der Waals surface area contributed by atoms with Gasteiger partial charge in [0.25, 0.3) is 0 Å². The number of ether oxygens (including phenoxy) is 1. The zero-order valence-electron chi connectivity index (χ0n) is 13.3. The monoisotopic (exact) mass is 352 g/mol. The number of nitriles is 1. The highest BCUT2D eigenvalue weighted by Crippen LogP contribution is 2.18. The van der Waals surface area contributed by atoms with Crippen LogP contribution in [0.25, 0.3) is 0 Å². The molecule has 0 fully saturated rings. The lowest BCUT2D eigenvalue weighted by Gasteiger charge is -2.19. The fourth-order valence-electron chi connectivity index (χ4n) is 1.49. The van der Waals surface area contributed by atoms with Gasteiger partial charge in [-0.15, -0.1) is 0 Å². The van der Waals surface area contributed by atoms with Crippen molar-refractivity contribution in [1.82, 2.24) is 10.6 Å². The summed E-state index contributed by atoms with van der Waals surface area (Å²) in [5.74, 6) is 0. The van der Waals surface area contributed by atoms with Crippen molar-refractivity contribution < 1.29 is 9.53 Å². The zero-order chi connectivity index (χ0) is 17.3. The van der Waals surface area contributed by atoms with Gasteiger partial charge in [-0.3, -0.25) is 0 Å². The largest absolute Gasteiger partial charge is 0.444 e. The Kier molecular flexibility index (Phi) is 7.65. The maximum Gasteiger partial charge on any atom is 0.407 e. The molecule has 0 heterocycles. The number of nitrogens with one attached hydrogen (secondary N) is 3. The summed E-state index contributed by atoms with van der Waals surface area (Å²) in [7, 11) is 0. The summed E-state index contributed by atoms with van der Waals surface area (Å²) in [4.78, 5) is 12.3. The van der Waals surface area contributed by atoms with Crippen molar-refractivity contribution in [2.24, 2.45) is 0 Å². The van der Waals surface area contributed by atoms with Crippen LogP contribution in [0.5, 0.6) is 0 Å². The number of rotatable bonds is 5. The third-order valence-electron chi connectivity index (χ3n) is 2.35. The molecule has 0 atom stereocenters. The van der Waals surface area contributed by atoms with Crippen LogP contribution < -0.4 is 16.0 Å². The predicted octanol–water partition coefficient (Wildman–Crippen LogP) is 3.07. The molecule has 1 rings (SSSR count). The summed E-state index contributed by atoms with van der Waals surface area (Å²) in [5.41, 5.74) is 0.314. The van der Waals surface area contributed by atoms with Crippen molar-refractivity contribution >= 4 is 40.9 Å². The second kappa shape index (κ2) is 9.22. The Balaban J connectivity index is 2.24. The second-order valence-corrected chi connectivity index (χ2v) is 6.79. The highest BCUT2D eigenvalue weighted by Gasteiger charge is 2.15. The van der Waals surface area contributed by atoms with E-state index in [0.29, 0.717) is 18.2 Å². The number of carbonyl (C=O) groups excluding carboxylic acids is 1. The van der Waals surface area contributed by atoms with E-state index in [2.05, 4.69) is 16.0 Å². The summed E-state index contributed by atoms with van der Waals surface area (Å²) in [6.45, 7) is 6.31. The maximum absolute atomic E-state index is 11.4. The number of anilines is 1. The van der Waals surface area contributed by atoms with Gasteiger partial charge in [-0.1, -0.05) is 0 Å². The number of thiocyanates is 1. The molecule has 3 N–H and O–H groups in total. The van der Waals surface area contributed by atoms with Gasteiger partial charge in [-0.25, -0.2) is 4.79 Å². The topological polar surface area (TPSA) is 86.2 Å². The normalized spacial score (nSPS) is 10.3. The molecule has 0 unspecified atom stereocenters. The van der Waals surface area contributed by atoms with Gasteiger partial charge in [0.05, 0.1) is 0 Å². The number of hydrogen-bond donors (Lipinski definition) is 3. The van der Waals surface area contributed by atoms with E-state index in [4.69, 9.17) is 22.2 Å². The molecule has 0 spiro atoms. The number of carbonyl (C=O) groups is 1. The first-order chi connectivity index (χ1) is 10.8. The third-order valence-corrected chi connectivity index (χ3v) is 3.20. The Morgan fingerprint density at radius 3 is 2.43 bits per heavy atom. The van der Waals surface area contributed by atoms with Crippen LogP contribution in [-0.2, 0) is 4.74 Å². The van der Waals surface area contributed by atoms with Crippen LogP contribution >= 0.6 is 24.0 Å². The van der Waals surface area contributed by atoms with Gasteiger partial charge < -0.3 is 20.7 Å². The number of amides is 1. The van der Waals surface area contributed by atoms with Crippen LogP contribution in [0.2, 0.25) is 0 Å². The zero-order valence-corrected chi connectivity index (χ0v) is 14.9. The molecule has 0 aliphatic carbocycles. The number of nitrogens with zero attached hydrogens (tertiary/aromatic N) is 1.